The van der Waals surface area contributed by atoms with Gasteiger partial charge in [-0.2, -0.15) is 0 Å². The third-order valence-corrected chi connectivity index (χ3v) is 8.99. The van der Waals surface area contributed by atoms with Crippen molar-refractivity contribution in [1.82, 2.24) is 0 Å². The molecule has 0 radical (unpaired) electrons. The number of carbonyl (C=O) groups excluding carboxylic acids is 1. The minimum absolute atomic E-state index is 0.169. The van der Waals surface area contributed by atoms with Gasteiger partial charge in [-0.3, -0.25) is 4.79 Å². The van der Waals surface area contributed by atoms with Gasteiger partial charge in [-0.1, -0.05) is 38.9 Å². The van der Waals surface area contributed by atoms with Crippen molar-refractivity contribution in [2.24, 2.45) is 0 Å². The molecule has 1 fully saturated rings. The molecule has 1 saturated heterocycles. The molecule has 0 bridgehead atoms. The summed E-state index contributed by atoms with van der Waals surface area (Å²) in [6.07, 6.45) is 0.689. The maximum absolute atomic E-state index is 12.3. The van der Waals surface area contributed by atoms with Gasteiger partial charge in [0.1, 0.15) is 5.78 Å². The standard InChI is InChI=1S/C9H16ClO2P/c1-8(2)5-7(11)6-9(3,4)13(8,10)12/h5-6H2,1-4H3. The lowest BCUT2D eigenvalue weighted by Crippen LogP contribution is -2.40. The first-order valence-corrected chi connectivity index (χ1v) is 7.03. The highest BCUT2D eigenvalue weighted by Crippen LogP contribution is 2.75. The van der Waals surface area contributed by atoms with Crippen LogP contribution in [-0.2, 0) is 9.36 Å². The molecule has 0 aromatic carbocycles. The van der Waals surface area contributed by atoms with Crippen LogP contribution in [0.3, 0.4) is 0 Å². The third-order valence-electron chi connectivity index (χ3n) is 2.82. The lowest BCUT2D eigenvalue weighted by Gasteiger charge is -2.44. The van der Waals surface area contributed by atoms with Gasteiger partial charge in [0.25, 0.3) is 0 Å². The molecule has 0 spiro atoms. The first kappa shape index (κ1) is 11.3. The zero-order valence-electron chi connectivity index (χ0n) is 8.56. The van der Waals surface area contributed by atoms with Crippen LogP contribution in [0.2, 0.25) is 0 Å². The Hall–Kier alpha value is 0.190. The van der Waals surface area contributed by atoms with Crippen LogP contribution in [0.5, 0.6) is 0 Å². The van der Waals surface area contributed by atoms with Crippen LogP contribution in [0.15, 0.2) is 0 Å². The van der Waals surface area contributed by atoms with E-state index in [1.165, 1.54) is 0 Å². The summed E-state index contributed by atoms with van der Waals surface area (Å²) in [6.45, 7) is 4.50. The van der Waals surface area contributed by atoms with E-state index < -0.39 is 16.8 Å². The predicted molar refractivity (Wildman–Crippen MR) is 55.9 cm³/mol. The lowest BCUT2D eigenvalue weighted by atomic mass is 9.97. The molecular weight excluding hydrogens is 207 g/mol. The van der Waals surface area contributed by atoms with Crippen molar-refractivity contribution >= 4 is 23.5 Å². The molecular formula is C9H16ClO2P. The van der Waals surface area contributed by atoms with E-state index in [1.807, 2.05) is 27.7 Å². The Labute approximate surface area is 84.2 Å². The van der Waals surface area contributed by atoms with E-state index in [9.17, 15) is 9.36 Å². The summed E-state index contributed by atoms with van der Waals surface area (Å²) in [6, 6.07) is 0. The fourth-order valence-corrected chi connectivity index (χ4v) is 4.81. The SMILES string of the molecule is CC1(C)CC(=O)CC(C)(C)P1(=O)Cl. The first-order valence-electron chi connectivity index (χ1n) is 4.42. The predicted octanol–water partition coefficient (Wildman–Crippen LogP) is 3.42. The molecule has 2 nitrogen and oxygen atoms in total. The number of rotatable bonds is 0. The maximum Gasteiger partial charge on any atom is 0.180 e. The Kier molecular flexibility index (Phi) is 2.46. The van der Waals surface area contributed by atoms with Crippen molar-refractivity contribution in [3.63, 3.8) is 0 Å². The number of hydrogen-bond donors (Lipinski definition) is 0. The highest BCUT2D eigenvalue weighted by atomic mass is 35.7. The summed E-state index contributed by atoms with van der Waals surface area (Å²) in [4.78, 5) is 11.4. The van der Waals surface area contributed by atoms with Crippen molar-refractivity contribution in [2.45, 2.75) is 50.8 Å². The zero-order valence-corrected chi connectivity index (χ0v) is 10.2. The molecule has 0 aromatic rings. The number of Topliss-reactive ketones (excluding diaryl/α,β-unsaturated/α-hetero) is 1. The molecule has 1 rings (SSSR count). The highest BCUT2D eigenvalue weighted by molar-refractivity contribution is 7.91. The molecule has 0 aromatic heterocycles. The van der Waals surface area contributed by atoms with Gasteiger partial charge < -0.3 is 4.57 Å². The molecule has 0 unspecified atom stereocenters. The Balaban J connectivity index is 3.19. The van der Waals surface area contributed by atoms with Crippen LogP contribution < -0.4 is 0 Å². The molecule has 4 heteroatoms. The quantitative estimate of drug-likeness (QED) is 0.589. The molecule has 0 saturated carbocycles. The fraction of sp³-hybridized carbons (Fsp3) is 0.889. The Morgan fingerprint density at radius 1 is 1.15 bits per heavy atom. The number of carbonyl (C=O) groups is 1. The normalized spacial score (nSPS) is 30.1. The lowest BCUT2D eigenvalue weighted by molar-refractivity contribution is -0.120. The van der Waals surface area contributed by atoms with Crippen molar-refractivity contribution in [2.75, 3.05) is 0 Å². The summed E-state index contributed by atoms with van der Waals surface area (Å²) >= 11 is 6.12. The topological polar surface area (TPSA) is 34.1 Å². The molecule has 76 valence electrons. The summed E-state index contributed by atoms with van der Waals surface area (Å²) in [7, 11) is 0. The number of ketones is 1. The average Bonchev–Trinajstić information content (AvgIpc) is 1.80. The van der Waals surface area contributed by atoms with Gasteiger partial charge in [0.05, 0.1) is 0 Å². The van der Waals surface area contributed by atoms with Gasteiger partial charge in [-0.25, -0.2) is 0 Å². The maximum atomic E-state index is 12.3. The largest absolute Gasteiger partial charge is 0.305 e. The van der Waals surface area contributed by atoms with Crippen LogP contribution >= 0.6 is 17.7 Å². The minimum Gasteiger partial charge on any atom is -0.305 e. The van der Waals surface area contributed by atoms with Crippen molar-refractivity contribution in [1.29, 1.82) is 0 Å². The molecule has 0 N–H and O–H groups in total. The van der Waals surface area contributed by atoms with Gasteiger partial charge >= 0.3 is 0 Å². The smallest absolute Gasteiger partial charge is 0.180 e. The Morgan fingerprint density at radius 3 is 1.77 bits per heavy atom. The van der Waals surface area contributed by atoms with Crippen molar-refractivity contribution < 1.29 is 9.36 Å². The van der Waals surface area contributed by atoms with E-state index in [0.717, 1.165) is 0 Å². The van der Waals surface area contributed by atoms with Gasteiger partial charge in [-0.15, -0.1) is 0 Å². The van der Waals surface area contributed by atoms with Crippen molar-refractivity contribution in [3.05, 3.63) is 0 Å². The van der Waals surface area contributed by atoms with Crippen LogP contribution in [0.4, 0.5) is 0 Å². The second-order valence-electron chi connectivity index (χ2n) is 5.05. The summed E-state index contributed by atoms with van der Waals surface area (Å²) in [5.41, 5.74) is 0. The number of hydrogen-bond acceptors (Lipinski definition) is 2. The zero-order chi connectivity index (χ0) is 10.5. The first-order chi connectivity index (χ1) is 5.60. The molecule has 1 aliphatic heterocycles. The molecule has 0 aliphatic carbocycles. The average molecular weight is 223 g/mol. The van der Waals surface area contributed by atoms with Crippen LogP contribution in [0.1, 0.15) is 40.5 Å². The van der Waals surface area contributed by atoms with E-state index >= 15 is 0 Å². The second kappa shape index (κ2) is 2.84. The Bertz CT molecular complexity index is 270. The van der Waals surface area contributed by atoms with Crippen molar-refractivity contribution in [3.8, 4) is 0 Å². The van der Waals surface area contributed by atoms with Crippen LogP contribution in [0.25, 0.3) is 0 Å². The van der Waals surface area contributed by atoms with E-state index in [4.69, 9.17) is 11.2 Å². The summed E-state index contributed by atoms with van der Waals surface area (Å²) in [5, 5.41) is -1.10. The second-order valence-corrected chi connectivity index (χ2v) is 9.96. The van der Waals surface area contributed by atoms with Gasteiger partial charge in [0, 0.05) is 23.2 Å². The minimum atomic E-state index is -2.78. The number of halogens is 1. The van der Waals surface area contributed by atoms with E-state index in [1.54, 1.807) is 0 Å². The van der Waals surface area contributed by atoms with Crippen LogP contribution in [0, 0.1) is 0 Å². The van der Waals surface area contributed by atoms with Gasteiger partial charge in [0.2, 0.25) is 0 Å². The van der Waals surface area contributed by atoms with Crippen LogP contribution in [-0.4, -0.2) is 16.1 Å². The Morgan fingerprint density at radius 2 is 1.46 bits per heavy atom. The molecule has 1 aliphatic rings. The molecule has 13 heavy (non-hydrogen) atoms. The molecule has 0 amide bonds. The van der Waals surface area contributed by atoms with E-state index in [0.29, 0.717) is 12.8 Å². The summed E-state index contributed by atoms with van der Waals surface area (Å²) < 4.78 is 12.3. The van der Waals surface area contributed by atoms with Gasteiger partial charge in [0.15, 0.2) is 6.49 Å². The molecule has 1 heterocycles. The highest BCUT2D eigenvalue weighted by Gasteiger charge is 2.55. The van der Waals surface area contributed by atoms with E-state index in [2.05, 4.69) is 0 Å². The van der Waals surface area contributed by atoms with Gasteiger partial charge in [-0.05, 0) is 0 Å². The summed E-state index contributed by atoms with van der Waals surface area (Å²) in [5.74, 6) is 0.169. The fourth-order valence-electron chi connectivity index (χ4n) is 2.05. The third kappa shape index (κ3) is 1.59. The monoisotopic (exact) mass is 222 g/mol. The van der Waals surface area contributed by atoms with E-state index in [-0.39, 0.29) is 5.78 Å². The molecule has 0 atom stereocenters.